The summed E-state index contributed by atoms with van der Waals surface area (Å²) in [5.74, 6) is -0.314. The van der Waals surface area contributed by atoms with Crippen molar-refractivity contribution in [3.63, 3.8) is 0 Å². The molecule has 0 amide bonds. The number of esters is 1. The van der Waals surface area contributed by atoms with Gasteiger partial charge in [0.2, 0.25) is 0 Å². The standard InChI is InChI=1S/C9H18N2O3/c1-2-14-9(13)4-3-8(12)7-11-6-5-10/h11H,2-7,10H2,1H3. The molecule has 0 saturated heterocycles. The Hall–Kier alpha value is -0.940. The minimum Gasteiger partial charge on any atom is -0.466 e. The van der Waals surface area contributed by atoms with E-state index in [0.717, 1.165) is 0 Å². The Morgan fingerprint density at radius 2 is 2.07 bits per heavy atom. The van der Waals surface area contributed by atoms with Crippen LogP contribution in [0.3, 0.4) is 0 Å². The maximum atomic E-state index is 11.1. The van der Waals surface area contributed by atoms with E-state index in [1.54, 1.807) is 6.92 Å². The van der Waals surface area contributed by atoms with Gasteiger partial charge in [0.15, 0.2) is 0 Å². The summed E-state index contributed by atoms with van der Waals surface area (Å²) in [7, 11) is 0. The third-order valence-electron chi connectivity index (χ3n) is 1.56. The molecule has 5 nitrogen and oxygen atoms in total. The summed E-state index contributed by atoms with van der Waals surface area (Å²) in [5, 5.41) is 2.86. The van der Waals surface area contributed by atoms with E-state index in [4.69, 9.17) is 5.73 Å². The summed E-state index contributed by atoms with van der Waals surface area (Å²) in [6.07, 6.45) is 0.396. The fourth-order valence-corrected chi connectivity index (χ4v) is 0.893. The normalized spacial score (nSPS) is 9.86. The van der Waals surface area contributed by atoms with Gasteiger partial charge in [-0.1, -0.05) is 0 Å². The van der Waals surface area contributed by atoms with Crippen LogP contribution in [-0.4, -0.2) is 38.0 Å². The Kier molecular flexibility index (Phi) is 8.07. The quantitative estimate of drug-likeness (QED) is 0.407. The molecule has 0 bridgehead atoms. The number of hydrogen-bond donors (Lipinski definition) is 2. The van der Waals surface area contributed by atoms with Gasteiger partial charge < -0.3 is 15.8 Å². The minimum absolute atomic E-state index is 0.00602. The summed E-state index contributed by atoms with van der Waals surface area (Å²) < 4.78 is 4.69. The topological polar surface area (TPSA) is 81.4 Å². The Labute approximate surface area is 84.0 Å². The van der Waals surface area contributed by atoms with Gasteiger partial charge in [0.05, 0.1) is 19.6 Å². The van der Waals surface area contributed by atoms with E-state index in [-0.39, 0.29) is 31.1 Å². The lowest BCUT2D eigenvalue weighted by Crippen LogP contribution is -2.28. The summed E-state index contributed by atoms with van der Waals surface area (Å²) in [4.78, 5) is 22.0. The summed E-state index contributed by atoms with van der Waals surface area (Å²) in [6.45, 7) is 3.49. The van der Waals surface area contributed by atoms with E-state index in [1.165, 1.54) is 0 Å². The van der Waals surface area contributed by atoms with Crippen LogP contribution in [0, 0.1) is 0 Å². The monoisotopic (exact) mass is 202 g/mol. The van der Waals surface area contributed by atoms with Gasteiger partial charge >= 0.3 is 5.97 Å². The number of nitrogens with two attached hydrogens (primary N) is 1. The highest BCUT2D eigenvalue weighted by Gasteiger charge is 2.06. The summed E-state index contributed by atoms with van der Waals surface area (Å²) in [5.41, 5.74) is 5.23. The van der Waals surface area contributed by atoms with Crippen LogP contribution >= 0.6 is 0 Å². The third-order valence-corrected chi connectivity index (χ3v) is 1.56. The van der Waals surface area contributed by atoms with Crippen LogP contribution in [0.1, 0.15) is 19.8 Å². The Bertz CT molecular complexity index is 183. The van der Waals surface area contributed by atoms with Crippen molar-refractivity contribution in [3.05, 3.63) is 0 Å². The molecule has 0 aromatic carbocycles. The van der Waals surface area contributed by atoms with Gasteiger partial charge in [-0.25, -0.2) is 0 Å². The molecule has 14 heavy (non-hydrogen) atoms. The van der Waals surface area contributed by atoms with E-state index in [1.807, 2.05) is 0 Å². The zero-order valence-electron chi connectivity index (χ0n) is 8.54. The second-order valence-corrected chi connectivity index (χ2v) is 2.81. The molecule has 0 heterocycles. The first-order valence-corrected chi connectivity index (χ1v) is 4.78. The van der Waals surface area contributed by atoms with Crippen molar-refractivity contribution in [1.29, 1.82) is 0 Å². The Morgan fingerprint density at radius 3 is 2.64 bits per heavy atom. The van der Waals surface area contributed by atoms with E-state index < -0.39 is 0 Å². The average Bonchev–Trinajstić information content (AvgIpc) is 2.16. The first-order valence-electron chi connectivity index (χ1n) is 4.78. The smallest absolute Gasteiger partial charge is 0.306 e. The van der Waals surface area contributed by atoms with E-state index >= 15 is 0 Å². The molecule has 0 aromatic heterocycles. The molecule has 0 saturated carbocycles. The largest absolute Gasteiger partial charge is 0.466 e. The van der Waals surface area contributed by atoms with E-state index in [0.29, 0.717) is 19.7 Å². The highest BCUT2D eigenvalue weighted by molar-refractivity contribution is 5.84. The van der Waals surface area contributed by atoms with Crippen molar-refractivity contribution < 1.29 is 14.3 Å². The molecule has 0 atom stereocenters. The van der Waals surface area contributed by atoms with Gasteiger partial charge in [-0.3, -0.25) is 9.59 Å². The lowest BCUT2D eigenvalue weighted by molar-refractivity contribution is -0.144. The van der Waals surface area contributed by atoms with Gasteiger partial charge in [-0.2, -0.15) is 0 Å². The van der Waals surface area contributed by atoms with Crippen LogP contribution in [0.15, 0.2) is 0 Å². The van der Waals surface area contributed by atoms with Crippen LogP contribution in [0.2, 0.25) is 0 Å². The lowest BCUT2D eigenvalue weighted by atomic mass is 10.2. The molecule has 3 N–H and O–H groups in total. The maximum Gasteiger partial charge on any atom is 0.306 e. The Morgan fingerprint density at radius 1 is 1.36 bits per heavy atom. The Balaban J connectivity index is 3.39. The molecule has 0 aliphatic heterocycles. The second kappa shape index (κ2) is 8.65. The second-order valence-electron chi connectivity index (χ2n) is 2.81. The summed E-state index contributed by atoms with van der Waals surface area (Å²) in [6, 6.07) is 0. The molecule has 0 fully saturated rings. The van der Waals surface area contributed by atoms with Crippen molar-refractivity contribution in [3.8, 4) is 0 Å². The van der Waals surface area contributed by atoms with Crippen LogP contribution < -0.4 is 11.1 Å². The molecule has 0 spiro atoms. The van der Waals surface area contributed by atoms with Gasteiger partial charge in [0, 0.05) is 19.5 Å². The maximum absolute atomic E-state index is 11.1. The molecule has 0 unspecified atom stereocenters. The molecular weight excluding hydrogens is 184 g/mol. The van der Waals surface area contributed by atoms with Gasteiger partial charge in [-0.05, 0) is 6.92 Å². The summed E-state index contributed by atoms with van der Waals surface area (Å²) >= 11 is 0. The van der Waals surface area contributed by atoms with Crippen LogP contribution in [-0.2, 0) is 14.3 Å². The van der Waals surface area contributed by atoms with Gasteiger partial charge in [0.1, 0.15) is 5.78 Å². The van der Waals surface area contributed by atoms with Crippen LogP contribution in [0.5, 0.6) is 0 Å². The van der Waals surface area contributed by atoms with Gasteiger partial charge in [-0.15, -0.1) is 0 Å². The van der Waals surface area contributed by atoms with Crippen molar-refractivity contribution >= 4 is 11.8 Å². The van der Waals surface area contributed by atoms with Crippen molar-refractivity contribution in [2.24, 2.45) is 5.73 Å². The van der Waals surface area contributed by atoms with E-state index in [2.05, 4.69) is 10.1 Å². The first-order chi connectivity index (χ1) is 6.70. The SMILES string of the molecule is CCOC(=O)CCC(=O)CNCCN. The lowest BCUT2D eigenvalue weighted by Gasteiger charge is -2.02. The molecule has 0 aliphatic rings. The number of carbonyl (C=O) groups is 2. The van der Waals surface area contributed by atoms with Gasteiger partial charge in [0.25, 0.3) is 0 Å². The molecule has 0 aliphatic carbocycles. The fraction of sp³-hybridized carbons (Fsp3) is 0.778. The molecule has 0 radical (unpaired) electrons. The number of hydrogen-bond acceptors (Lipinski definition) is 5. The average molecular weight is 202 g/mol. The third kappa shape index (κ3) is 7.70. The van der Waals surface area contributed by atoms with Crippen molar-refractivity contribution in [1.82, 2.24) is 5.32 Å². The molecule has 5 heteroatoms. The predicted molar refractivity (Wildman–Crippen MR) is 52.8 cm³/mol. The molecule has 0 rings (SSSR count). The zero-order valence-corrected chi connectivity index (χ0v) is 8.54. The minimum atomic E-state index is -0.320. The number of nitrogens with one attached hydrogen (secondary N) is 1. The molecular formula is C9H18N2O3. The number of ketones is 1. The highest BCUT2D eigenvalue weighted by Crippen LogP contribution is 1.93. The number of carbonyl (C=O) groups excluding carboxylic acids is 2. The first kappa shape index (κ1) is 13.1. The fourth-order valence-electron chi connectivity index (χ4n) is 0.893. The van der Waals surface area contributed by atoms with Crippen LogP contribution in [0.4, 0.5) is 0 Å². The molecule has 0 aromatic rings. The number of rotatable bonds is 8. The van der Waals surface area contributed by atoms with Crippen molar-refractivity contribution in [2.45, 2.75) is 19.8 Å². The van der Waals surface area contributed by atoms with E-state index in [9.17, 15) is 9.59 Å². The number of Topliss-reactive ketones (excluding diaryl/α,β-unsaturated/α-hetero) is 1. The van der Waals surface area contributed by atoms with Crippen LogP contribution in [0.25, 0.3) is 0 Å². The molecule has 82 valence electrons. The predicted octanol–water partition coefficient (Wildman–Crippen LogP) is -0.553. The number of ether oxygens (including phenoxy) is 1. The zero-order chi connectivity index (χ0) is 10.8. The van der Waals surface area contributed by atoms with Crippen molar-refractivity contribution in [2.75, 3.05) is 26.2 Å². The highest BCUT2D eigenvalue weighted by atomic mass is 16.5.